The van der Waals surface area contributed by atoms with Crippen molar-refractivity contribution < 1.29 is 9.53 Å². The lowest BCUT2D eigenvalue weighted by Gasteiger charge is -2.33. The number of ether oxygens (including phenoxy) is 1. The molecule has 1 N–H and O–H groups in total. The maximum absolute atomic E-state index is 12.6. The number of hydrogen-bond acceptors (Lipinski definition) is 6. The topological polar surface area (TPSA) is 80.2 Å². The van der Waals surface area contributed by atoms with Crippen LogP contribution in [0.5, 0.6) is 5.88 Å². The zero-order valence-corrected chi connectivity index (χ0v) is 13.7. The molecule has 1 atom stereocenters. The Balaban J connectivity index is 1.66. The van der Waals surface area contributed by atoms with E-state index in [4.69, 9.17) is 4.74 Å². The highest BCUT2D eigenvalue weighted by Crippen LogP contribution is 2.18. The lowest BCUT2D eigenvalue weighted by molar-refractivity contribution is 0.0928. The predicted octanol–water partition coefficient (Wildman–Crippen LogP) is 1.67. The third-order valence-corrected chi connectivity index (χ3v) is 3.89. The molecule has 0 bridgehead atoms. The highest BCUT2D eigenvalue weighted by atomic mass is 16.5. The molecule has 1 aliphatic rings. The molecule has 1 amide bonds. The molecule has 2 aromatic heterocycles. The van der Waals surface area contributed by atoms with Gasteiger partial charge in [-0.25, -0.2) is 15.0 Å². The number of anilines is 1. The number of nitrogens with zero attached hydrogens (tertiary/aromatic N) is 4. The normalized spacial score (nSPS) is 17.4. The van der Waals surface area contributed by atoms with Crippen LogP contribution in [0, 0.1) is 0 Å². The summed E-state index contributed by atoms with van der Waals surface area (Å²) in [6, 6.07) is 5.31. The lowest BCUT2D eigenvalue weighted by atomic mass is 10.1. The fourth-order valence-corrected chi connectivity index (χ4v) is 2.81. The van der Waals surface area contributed by atoms with Crippen LogP contribution in [0.1, 0.15) is 30.1 Å². The zero-order valence-electron chi connectivity index (χ0n) is 13.7. The Morgan fingerprint density at radius 2 is 2.08 bits per heavy atom. The minimum atomic E-state index is -0.160. The van der Waals surface area contributed by atoms with Crippen molar-refractivity contribution in [3.05, 3.63) is 42.4 Å². The van der Waals surface area contributed by atoms with Gasteiger partial charge in [-0.05, 0) is 38.0 Å². The maximum atomic E-state index is 12.6. The minimum absolute atomic E-state index is 0.0461. The quantitative estimate of drug-likeness (QED) is 0.900. The molecule has 3 rings (SSSR count). The molecule has 7 nitrogen and oxygen atoms in total. The summed E-state index contributed by atoms with van der Waals surface area (Å²) < 4.78 is 5.44. The SMILES string of the molecule is CCOc1ncccc1C(=O)NC1CCCN(c2ncccn2)C1. The molecule has 1 fully saturated rings. The second-order valence-electron chi connectivity index (χ2n) is 5.60. The first kappa shape index (κ1) is 16.2. The Kier molecular flexibility index (Phi) is 5.20. The Bertz CT molecular complexity index is 680. The molecule has 126 valence electrons. The Labute approximate surface area is 141 Å². The smallest absolute Gasteiger partial charge is 0.257 e. The van der Waals surface area contributed by atoms with Gasteiger partial charge in [0.25, 0.3) is 5.91 Å². The van der Waals surface area contributed by atoms with Crippen molar-refractivity contribution >= 4 is 11.9 Å². The van der Waals surface area contributed by atoms with Crippen molar-refractivity contribution in [1.29, 1.82) is 0 Å². The molecule has 0 aromatic carbocycles. The fourth-order valence-electron chi connectivity index (χ4n) is 2.81. The van der Waals surface area contributed by atoms with Crippen LogP contribution in [0.15, 0.2) is 36.8 Å². The summed E-state index contributed by atoms with van der Waals surface area (Å²) in [6.45, 7) is 3.93. The van der Waals surface area contributed by atoms with Crippen molar-refractivity contribution in [1.82, 2.24) is 20.3 Å². The number of aromatic nitrogens is 3. The van der Waals surface area contributed by atoms with E-state index in [0.29, 0.717) is 30.5 Å². The maximum Gasteiger partial charge on any atom is 0.257 e. The van der Waals surface area contributed by atoms with E-state index >= 15 is 0 Å². The summed E-state index contributed by atoms with van der Waals surface area (Å²) in [5.41, 5.74) is 0.465. The van der Waals surface area contributed by atoms with Crippen LogP contribution in [-0.4, -0.2) is 46.6 Å². The van der Waals surface area contributed by atoms with Gasteiger partial charge < -0.3 is 15.0 Å². The number of carbonyl (C=O) groups is 1. The van der Waals surface area contributed by atoms with E-state index in [1.165, 1.54) is 0 Å². The number of pyridine rings is 1. The van der Waals surface area contributed by atoms with Crippen LogP contribution in [0.2, 0.25) is 0 Å². The van der Waals surface area contributed by atoms with E-state index in [9.17, 15) is 4.79 Å². The molecule has 0 aliphatic carbocycles. The largest absolute Gasteiger partial charge is 0.477 e. The molecule has 24 heavy (non-hydrogen) atoms. The van der Waals surface area contributed by atoms with E-state index < -0.39 is 0 Å². The van der Waals surface area contributed by atoms with Gasteiger partial charge in [-0.3, -0.25) is 4.79 Å². The number of amides is 1. The van der Waals surface area contributed by atoms with Gasteiger partial charge in [0.05, 0.1) is 6.61 Å². The third kappa shape index (κ3) is 3.79. The van der Waals surface area contributed by atoms with E-state index in [1.54, 1.807) is 36.8 Å². The number of rotatable bonds is 5. The van der Waals surface area contributed by atoms with Gasteiger partial charge in [-0.15, -0.1) is 0 Å². The van der Waals surface area contributed by atoms with Gasteiger partial charge in [-0.2, -0.15) is 0 Å². The van der Waals surface area contributed by atoms with Crippen molar-refractivity contribution in [3.8, 4) is 5.88 Å². The number of piperidine rings is 1. The molecular weight excluding hydrogens is 306 g/mol. The Morgan fingerprint density at radius 1 is 1.29 bits per heavy atom. The Morgan fingerprint density at radius 3 is 2.88 bits per heavy atom. The van der Waals surface area contributed by atoms with E-state index in [-0.39, 0.29) is 11.9 Å². The van der Waals surface area contributed by atoms with Crippen LogP contribution in [0.25, 0.3) is 0 Å². The first-order valence-electron chi connectivity index (χ1n) is 8.18. The molecule has 0 saturated carbocycles. The molecule has 7 heteroatoms. The van der Waals surface area contributed by atoms with Crippen LogP contribution in [-0.2, 0) is 0 Å². The molecule has 0 radical (unpaired) electrons. The van der Waals surface area contributed by atoms with Gasteiger partial charge in [-0.1, -0.05) is 0 Å². The molecule has 1 aliphatic heterocycles. The lowest BCUT2D eigenvalue weighted by Crippen LogP contribution is -2.48. The summed E-state index contributed by atoms with van der Waals surface area (Å²) in [5.74, 6) is 0.914. The number of carbonyl (C=O) groups excluding carboxylic acids is 1. The fraction of sp³-hybridized carbons (Fsp3) is 0.412. The second kappa shape index (κ2) is 7.72. The van der Waals surface area contributed by atoms with E-state index in [1.807, 2.05) is 6.92 Å². The third-order valence-electron chi connectivity index (χ3n) is 3.89. The second-order valence-corrected chi connectivity index (χ2v) is 5.60. The predicted molar refractivity (Wildman–Crippen MR) is 90.1 cm³/mol. The summed E-state index contributed by atoms with van der Waals surface area (Å²) in [5, 5.41) is 3.08. The number of nitrogens with one attached hydrogen (secondary N) is 1. The molecule has 1 unspecified atom stereocenters. The molecular formula is C17H21N5O2. The van der Waals surface area contributed by atoms with Gasteiger partial charge in [0.2, 0.25) is 11.8 Å². The van der Waals surface area contributed by atoms with Gasteiger partial charge in [0.1, 0.15) is 5.56 Å². The standard InChI is InChI=1S/C17H21N5O2/c1-2-24-16-14(7-3-8-18-16)15(23)21-13-6-4-11-22(12-13)17-19-9-5-10-20-17/h3,5,7-10,13H,2,4,6,11-12H2,1H3,(H,21,23). The van der Waals surface area contributed by atoms with Crippen molar-refractivity contribution in [3.63, 3.8) is 0 Å². The average Bonchev–Trinajstić information content (AvgIpc) is 2.63. The van der Waals surface area contributed by atoms with Crippen LogP contribution in [0.3, 0.4) is 0 Å². The Hall–Kier alpha value is -2.70. The summed E-state index contributed by atoms with van der Waals surface area (Å²) in [7, 11) is 0. The number of hydrogen-bond donors (Lipinski definition) is 1. The first-order chi connectivity index (χ1) is 11.8. The van der Waals surface area contributed by atoms with E-state index in [0.717, 1.165) is 19.4 Å². The van der Waals surface area contributed by atoms with Crippen LogP contribution in [0.4, 0.5) is 5.95 Å². The summed E-state index contributed by atoms with van der Waals surface area (Å²) in [4.78, 5) is 27.4. The molecule has 3 heterocycles. The average molecular weight is 327 g/mol. The molecule has 1 saturated heterocycles. The molecule has 0 spiro atoms. The summed E-state index contributed by atoms with van der Waals surface area (Å²) in [6.07, 6.45) is 6.99. The highest BCUT2D eigenvalue weighted by molar-refractivity contribution is 5.96. The van der Waals surface area contributed by atoms with Gasteiger partial charge in [0, 0.05) is 37.7 Å². The molecule has 2 aromatic rings. The zero-order chi connectivity index (χ0) is 16.8. The van der Waals surface area contributed by atoms with Crippen LogP contribution >= 0.6 is 0 Å². The van der Waals surface area contributed by atoms with E-state index in [2.05, 4.69) is 25.2 Å². The first-order valence-corrected chi connectivity index (χ1v) is 8.18. The van der Waals surface area contributed by atoms with Crippen LogP contribution < -0.4 is 15.0 Å². The summed E-state index contributed by atoms with van der Waals surface area (Å²) >= 11 is 0. The van der Waals surface area contributed by atoms with Gasteiger partial charge >= 0.3 is 0 Å². The monoisotopic (exact) mass is 327 g/mol. The van der Waals surface area contributed by atoms with Crippen molar-refractivity contribution in [2.24, 2.45) is 0 Å². The van der Waals surface area contributed by atoms with Crippen molar-refractivity contribution in [2.75, 3.05) is 24.6 Å². The highest BCUT2D eigenvalue weighted by Gasteiger charge is 2.24. The minimum Gasteiger partial charge on any atom is -0.477 e. The van der Waals surface area contributed by atoms with Gasteiger partial charge in [0.15, 0.2) is 0 Å². The van der Waals surface area contributed by atoms with Crippen molar-refractivity contribution in [2.45, 2.75) is 25.8 Å².